The minimum atomic E-state index is -0.841. The average molecular weight is 425 g/mol. The molecule has 0 unspecified atom stereocenters. The SMILES string of the molecule is CC[C@H](C)NC(=O)C(=O)N/N=C\c1cccc(OCC(=O)Nc2ccc(C)cc2C)c1. The van der Waals surface area contributed by atoms with E-state index in [1.807, 2.05) is 45.9 Å². The Morgan fingerprint density at radius 2 is 1.87 bits per heavy atom. The van der Waals surface area contributed by atoms with Gasteiger partial charge in [-0.2, -0.15) is 5.10 Å². The summed E-state index contributed by atoms with van der Waals surface area (Å²) < 4.78 is 5.54. The molecule has 0 fully saturated rings. The summed E-state index contributed by atoms with van der Waals surface area (Å²) in [4.78, 5) is 35.6. The van der Waals surface area contributed by atoms with Gasteiger partial charge in [0.15, 0.2) is 6.61 Å². The van der Waals surface area contributed by atoms with E-state index in [1.165, 1.54) is 6.21 Å². The van der Waals surface area contributed by atoms with Gasteiger partial charge in [0, 0.05) is 11.7 Å². The summed E-state index contributed by atoms with van der Waals surface area (Å²) in [5.74, 6) is -1.38. The zero-order valence-corrected chi connectivity index (χ0v) is 18.2. The van der Waals surface area contributed by atoms with E-state index in [9.17, 15) is 14.4 Å². The van der Waals surface area contributed by atoms with E-state index in [0.717, 1.165) is 23.2 Å². The molecule has 0 saturated heterocycles. The van der Waals surface area contributed by atoms with Crippen LogP contribution in [0, 0.1) is 13.8 Å². The van der Waals surface area contributed by atoms with Crippen molar-refractivity contribution in [1.82, 2.24) is 10.7 Å². The highest BCUT2D eigenvalue weighted by Crippen LogP contribution is 2.16. The van der Waals surface area contributed by atoms with Crippen molar-refractivity contribution in [2.75, 3.05) is 11.9 Å². The number of ether oxygens (including phenoxy) is 1. The Morgan fingerprint density at radius 1 is 1.10 bits per heavy atom. The first-order chi connectivity index (χ1) is 14.8. The summed E-state index contributed by atoms with van der Waals surface area (Å²) >= 11 is 0. The molecule has 2 aromatic carbocycles. The summed E-state index contributed by atoms with van der Waals surface area (Å²) in [6.45, 7) is 7.48. The largest absolute Gasteiger partial charge is 0.484 e. The molecule has 164 valence electrons. The van der Waals surface area contributed by atoms with Crippen molar-refractivity contribution in [3.8, 4) is 5.75 Å². The Balaban J connectivity index is 1.85. The van der Waals surface area contributed by atoms with Gasteiger partial charge >= 0.3 is 11.8 Å². The Morgan fingerprint density at radius 3 is 2.58 bits per heavy atom. The first kappa shape index (κ1) is 23.6. The molecule has 1 atom stereocenters. The van der Waals surface area contributed by atoms with Crippen molar-refractivity contribution in [2.45, 2.75) is 40.2 Å². The van der Waals surface area contributed by atoms with Gasteiger partial charge in [0.2, 0.25) is 0 Å². The topological polar surface area (TPSA) is 109 Å². The van der Waals surface area contributed by atoms with Crippen LogP contribution in [0.3, 0.4) is 0 Å². The number of hydrazone groups is 1. The van der Waals surface area contributed by atoms with Gasteiger partial charge in [0.25, 0.3) is 5.91 Å². The smallest absolute Gasteiger partial charge is 0.329 e. The van der Waals surface area contributed by atoms with Crippen LogP contribution < -0.4 is 20.8 Å². The van der Waals surface area contributed by atoms with E-state index in [1.54, 1.807) is 24.3 Å². The lowest BCUT2D eigenvalue weighted by atomic mass is 10.1. The molecule has 0 radical (unpaired) electrons. The molecule has 0 heterocycles. The number of amides is 3. The van der Waals surface area contributed by atoms with Crippen molar-refractivity contribution in [2.24, 2.45) is 5.10 Å². The predicted molar refractivity (Wildman–Crippen MR) is 120 cm³/mol. The molecule has 31 heavy (non-hydrogen) atoms. The maximum Gasteiger partial charge on any atom is 0.329 e. The molecule has 0 spiro atoms. The number of rotatable bonds is 8. The van der Waals surface area contributed by atoms with Crippen LogP contribution in [-0.4, -0.2) is 36.6 Å². The third-order valence-corrected chi connectivity index (χ3v) is 4.46. The van der Waals surface area contributed by atoms with Gasteiger partial charge in [0.05, 0.1) is 6.21 Å². The molecule has 2 aromatic rings. The van der Waals surface area contributed by atoms with Crippen LogP contribution in [0.25, 0.3) is 0 Å². The van der Waals surface area contributed by atoms with Crippen LogP contribution in [0.15, 0.2) is 47.6 Å². The lowest BCUT2D eigenvalue weighted by molar-refractivity contribution is -0.139. The normalized spacial score (nSPS) is 11.6. The van der Waals surface area contributed by atoms with E-state index >= 15 is 0 Å². The van der Waals surface area contributed by atoms with Crippen molar-refractivity contribution in [1.29, 1.82) is 0 Å². The molecule has 8 heteroatoms. The highest BCUT2D eigenvalue weighted by Gasteiger charge is 2.14. The zero-order chi connectivity index (χ0) is 22.8. The number of anilines is 1. The second kappa shape index (κ2) is 11.5. The molecule has 0 aliphatic rings. The lowest BCUT2D eigenvalue weighted by Crippen LogP contribution is -2.41. The van der Waals surface area contributed by atoms with Gasteiger partial charge in [0.1, 0.15) is 5.75 Å². The number of aryl methyl sites for hydroxylation is 2. The summed E-state index contributed by atoms with van der Waals surface area (Å²) in [6, 6.07) is 12.5. The van der Waals surface area contributed by atoms with Crippen molar-refractivity contribution in [3.05, 3.63) is 59.2 Å². The number of nitrogens with one attached hydrogen (secondary N) is 3. The third-order valence-electron chi connectivity index (χ3n) is 4.46. The van der Waals surface area contributed by atoms with Crippen molar-refractivity contribution >= 4 is 29.6 Å². The number of carbonyl (C=O) groups excluding carboxylic acids is 3. The van der Waals surface area contributed by atoms with Crippen LogP contribution >= 0.6 is 0 Å². The van der Waals surface area contributed by atoms with E-state index in [2.05, 4.69) is 21.2 Å². The van der Waals surface area contributed by atoms with E-state index in [4.69, 9.17) is 4.74 Å². The van der Waals surface area contributed by atoms with Crippen molar-refractivity contribution < 1.29 is 19.1 Å². The molecule has 2 rings (SSSR count). The zero-order valence-electron chi connectivity index (χ0n) is 18.2. The van der Waals surface area contributed by atoms with Gasteiger partial charge in [-0.1, -0.05) is 36.8 Å². The van der Waals surface area contributed by atoms with E-state index < -0.39 is 11.8 Å². The molecule has 3 N–H and O–H groups in total. The Bertz CT molecular complexity index is 972. The van der Waals surface area contributed by atoms with Gasteiger partial charge in [-0.05, 0) is 56.5 Å². The van der Waals surface area contributed by atoms with Crippen molar-refractivity contribution in [3.63, 3.8) is 0 Å². The average Bonchev–Trinajstić information content (AvgIpc) is 2.74. The van der Waals surface area contributed by atoms with Gasteiger partial charge in [-0.3, -0.25) is 14.4 Å². The quantitative estimate of drug-likeness (QED) is 0.344. The Kier molecular flexibility index (Phi) is 8.75. The second-order valence-electron chi connectivity index (χ2n) is 7.21. The molecule has 0 aromatic heterocycles. The Labute approximate surface area is 182 Å². The highest BCUT2D eigenvalue weighted by atomic mass is 16.5. The second-order valence-corrected chi connectivity index (χ2v) is 7.21. The van der Waals surface area contributed by atoms with E-state index in [0.29, 0.717) is 11.3 Å². The van der Waals surface area contributed by atoms with E-state index in [-0.39, 0.29) is 18.6 Å². The first-order valence-corrected chi connectivity index (χ1v) is 10.0. The standard InChI is InChI=1S/C23H28N4O4/c1-5-17(4)25-22(29)23(30)27-24-13-18-7-6-8-19(12-18)31-14-21(28)26-20-10-9-15(2)11-16(20)3/h6-13,17H,5,14H2,1-4H3,(H,25,29)(H,26,28)(H,27,30)/b24-13-/t17-/m0/s1. The summed E-state index contributed by atoms with van der Waals surface area (Å²) in [5.41, 5.74) is 5.66. The number of hydrogen-bond acceptors (Lipinski definition) is 5. The minimum Gasteiger partial charge on any atom is -0.484 e. The summed E-state index contributed by atoms with van der Waals surface area (Å²) in [7, 11) is 0. The third kappa shape index (κ3) is 7.93. The molecule has 0 bridgehead atoms. The molecule has 8 nitrogen and oxygen atoms in total. The fourth-order valence-corrected chi connectivity index (χ4v) is 2.58. The molecular formula is C23H28N4O4. The van der Waals surface area contributed by atoms with Gasteiger partial charge in [-0.25, -0.2) is 5.43 Å². The number of benzene rings is 2. The fourth-order valence-electron chi connectivity index (χ4n) is 2.58. The number of carbonyl (C=O) groups is 3. The molecule has 0 aliphatic heterocycles. The summed E-state index contributed by atoms with van der Waals surface area (Å²) in [5, 5.41) is 9.16. The highest BCUT2D eigenvalue weighted by molar-refractivity contribution is 6.35. The molecular weight excluding hydrogens is 396 g/mol. The summed E-state index contributed by atoms with van der Waals surface area (Å²) in [6.07, 6.45) is 2.11. The maximum absolute atomic E-state index is 12.2. The Hall–Kier alpha value is -3.68. The molecule has 0 aliphatic carbocycles. The molecule has 3 amide bonds. The van der Waals surface area contributed by atoms with Gasteiger partial charge < -0.3 is 15.4 Å². The number of hydrogen-bond donors (Lipinski definition) is 3. The first-order valence-electron chi connectivity index (χ1n) is 10.0. The van der Waals surface area contributed by atoms with Crippen LogP contribution in [0.2, 0.25) is 0 Å². The fraction of sp³-hybridized carbons (Fsp3) is 0.304. The van der Waals surface area contributed by atoms with Crippen LogP contribution in [0.4, 0.5) is 5.69 Å². The van der Waals surface area contributed by atoms with Crippen LogP contribution in [0.5, 0.6) is 5.75 Å². The number of nitrogens with zero attached hydrogens (tertiary/aromatic N) is 1. The molecule has 0 saturated carbocycles. The monoisotopic (exact) mass is 424 g/mol. The van der Waals surface area contributed by atoms with Crippen LogP contribution in [-0.2, 0) is 14.4 Å². The lowest BCUT2D eigenvalue weighted by Gasteiger charge is -2.10. The maximum atomic E-state index is 12.2. The van der Waals surface area contributed by atoms with Crippen LogP contribution in [0.1, 0.15) is 37.0 Å². The predicted octanol–water partition coefficient (Wildman–Crippen LogP) is 2.69. The van der Waals surface area contributed by atoms with Gasteiger partial charge in [-0.15, -0.1) is 0 Å². The minimum absolute atomic E-state index is 0.0943.